The number of halogens is 5. The van der Waals surface area contributed by atoms with Crippen LogP contribution in [-0.2, 0) is 4.74 Å². The fourth-order valence-corrected chi connectivity index (χ4v) is 3.44. The number of benzene rings is 3. The van der Waals surface area contributed by atoms with E-state index in [0.29, 0.717) is 3.57 Å². The van der Waals surface area contributed by atoms with Gasteiger partial charge in [0, 0.05) is 15.3 Å². The van der Waals surface area contributed by atoms with Gasteiger partial charge < -0.3 is 20.5 Å². The summed E-state index contributed by atoms with van der Waals surface area (Å²) in [5, 5.41) is 4.69. The van der Waals surface area contributed by atoms with Crippen LogP contribution in [0.15, 0.2) is 42.5 Å². The standard InChI is InChI=1S/C24H20F4IN3O4/c1-24(2,3)36-23(34)31-12-5-4-6-13(10-12)35-21-16(22(30)33)20(18(27)17(26)19(21)28)32-15-8-7-11(29)9-14(15)25/h4-10,32H,1-3H3,(H2,30,33)(H,31,34). The summed E-state index contributed by atoms with van der Waals surface area (Å²) < 4.78 is 69.3. The highest BCUT2D eigenvalue weighted by Crippen LogP contribution is 2.39. The van der Waals surface area contributed by atoms with E-state index in [0.717, 1.165) is 6.07 Å². The Labute approximate surface area is 217 Å². The summed E-state index contributed by atoms with van der Waals surface area (Å²) in [5.74, 6) is -9.03. The lowest BCUT2D eigenvalue weighted by Gasteiger charge is -2.20. The molecule has 3 aromatic rings. The molecule has 0 fully saturated rings. The summed E-state index contributed by atoms with van der Waals surface area (Å²) in [5.41, 5.74) is 2.59. The van der Waals surface area contributed by atoms with Crippen molar-refractivity contribution in [1.82, 2.24) is 0 Å². The third-order valence-corrected chi connectivity index (χ3v) is 5.09. The zero-order valence-corrected chi connectivity index (χ0v) is 21.3. The van der Waals surface area contributed by atoms with E-state index in [1.165, 1.54) is 36.4 Å². The Morgan fingerprint density at radius 2 is 1.67 bits per heavy atom. The number of hydrogen-bond acceptors (Lipinski definition) is 5. The minimum atomic E-state index is -1.98. The largest absolute Gasteiger partial charge is 0.453 e. The lowest BCUT2D eigenvalue weighted by Crippen LogP contribution is -2.27. The zero-order valence-electron chi connectivity index (χ0n) is 19.1. The molecule has 0 atom stereocenters. The first-order chi connectivity index (χ1) is 16.8. The molecule has 4 N–H and O–H groups in total. The highest BCUT2D eigenvalue weighted by atomic mass is 127. The molecule has 0 radical (unpaired) electrons. The van der Waals surface area contributed by atoms with Crippen LogP contribution in [0.3, 0.4) is 0 Å². The maximum absolute atomic E-state index is 14.8. The molecule has 0 bridgehead atoms. The molecule has 0 aromatic heterocycles. The van der Waals surface area contributed by atoms with Gasteiger partial charge in [-0.15, -0.1) is 0 Å². The first-order valence-electron chi connectivity index (χ1n) is 10.3. The molecule has 0 aliphatic heterocycles. The molecule has 7 nitrogen and oxygen atoms in total. The maximum Gasteiger partial charge on any atom is 0.412 e. The van der Waals surface area contributed by atoms with Crippen molar-refractivity contribution in [1.29, 1.82) is 0 Å². The van der Waals surface area contributed by atoms with Crippen molar-refractivity contribution in [3.05, 3.63) is 74.9 Å². The van der Waals surface area contributed by atoms with Crippen molar-refractivity contribution >= 4 is 51.7 Å². The molecule has 12 heteroatoms. The molecule has 3 aromatic carbocycles. The quantitative estimate of drug-likeness (QED) is 0.160. The predicted molar refractivity (Wildman–Crippen MR) is 134 cm³/mol. The molecular formula is C24H20F4IN3O4. The van der Waals surface area contributed by atoms with Gasteiger partial charge in [0.2, 0.25) is 11.6 Å². The van der Waals surface area contributed by atoms with Crippen LogP contribution in [0.1, 0.15) is 31.1 Å². The molecule has 0 heterocycles. The van der Waals surface area contributed by atoms with E-state index >= 15 is 0 Å². The second-order valence-corrected chi connectivity index (χ2v) is 9.64. The molecule has 0 saturated heterocycles. The van der Waals surface area contributed by atoms with Crippen molar-refractivity contribution in [3.63, 3.8) is 0 Å². The number of anilines is 3. The Morgan fingerprint density at radius 3 is 2.28 bits per heavy atom. The Kier molecular flexibility index (Phi) is 7.96. The van der Waals surface area contributed by atoms with Crippen molar-refractivity contribution in [2.24, 2.45) is 5.73 Å². The van der Waals surface area contributed by atoms with Gasteiger partial charge in [-0.3, -0.25) is 10.1 Å². The lowest BCUT2D eigenvalue weighted by atomic mass is 10.1. The number of primary amides is 1. The minimum absolute atomic E-state index is 0.157. The number of amides is 2. The zero-order chi connectivity index (χ0) is 26.8. The third kappa shape index (κ3) is 6.36. The van der Waals surface area contributed by atoms with Crippen molar-refractivity contribution in [2.75, 3.05) is 10.6 Å². The van der Waals surface area contributed by atoms with E-state index in [1.807, 2.05) is 22.6 Å². The number of hydrogen-bond donors (Lipinski definition) is 3. The van der Waals surface area contributed by atoms with Gasteiger partial charge in [0.15, 0.2) is 11.6 Å². The molecule has 190 valence electrons. The lowest BCUT2D eigenvalue weighted by molar-refractivity contribution is 0.0635. The Morgan fingerprint density at radius 1 is 0.972 bits per heavy atom. The minimum Gasteiger partial charge on any atom is -0.453 e. The van der Waals surface area contributed by atoms with Gasteiger partial charge in [-0.05, 0) is 73.7 Å². The summed E-state index contributed by atoms with van der Waals surface area (Å²) in [6.45, 7) is 4.99. The molecule has 0 aliphatic carbocycles. The smallest absolute Gasteiger partial charge is 0.412 e. The number of rotatable bonds is 6. The number of nitrogens with two attached hydrogens (primary N) is 1. The van der Waals surface area contributed by atoms with Gasteiger partial charge in [-0.1, -0.05) is 6.07 Å². The van der Waals surface area contributed by atoms with E-state index in [2.05, 4.69) is 10.6 Å². The number of carbonyl (C=O) groups is 2. The van der Waals surface area contributed by atoms with Crippen LogP contribution in [0, 0.1) is 26.8 Å². The average Bonchev–Trinajstić information content (AvgIpc) is 2.75. The van der Waals surface area contributed by atoms with Crippen LogP contribution in [0.25, 0.3) is 0 Å². The summed E-state index contributed by atoms with van der Waals surface area (Å²) in [6.07, 6.45) is -0.789. The van der Waals surface area contributed by atoms with E-state index in [4.69, 9.17) is 15.2 Å². The van der Waals surface area contributed by atoms with Gasteiger partial charge in [-0.25, -0.2) is 18.0 Å². The van der Waals surface area contributed by atoms with E-state index in [-0.39, 0.29) is 17.1 Å². The van der Waals surface area contributed by atoms with Crippen LogP contribution in [-0.4, -0.2) is 17.6 Å². The van der Waals surface area contributed by atoms with Gasteiger partial charge in [0.25, 0.3) is 5.91 Å². The molecule has 3 rings (SSSR count). The Bertz CT molecular complexity index is 1350. The highest BCUT2D eigenvalue weighted by molar-refractivity contribution is 14.1. The average molecular weight is 617 g/mol. The number of nitrogens with one attached hydrogen (secondary N) is 2. The van der Waals surface area contributed by atoms with Crippen LogP contribution >= 0.6 is 22.6 Å². The van der Waals surface area contributed by atoms with Crippen molar-refractivity contribution in [2.45, 2.75) is 26.4 Å². The molecular weight excluding hydrogens is 597 g/mol. The van der Waals surface area contributed by atoms with Crippen molar-refractivity contribution < 1.29 is 36.6 Å². The van der Waals surface area contributed by atoms with Crippen LogP contribution in [0.5, 0.6) is 11.5 Å². The second-order valence-electron chi connectivity index (χ2n) is 8.39. The molecule has 0 aliphatic rings. The maximum atomic E-state index is 14.8. The van der Waals surface area contributed by atoms with E-state index in [9.17, 15) is 27.2 Å². The second kappa shape index (κ2) is 10.6. The number of carbonyl (C=O) groups excluding carboxylic acids is 2. The first-order valence-corrected chi connectivity index (χ1v) is 11.3. The first kappa shape index (κ1) is 27.0. The normalized spacial score (nSPS) is 11.1. The molecule has 36 heavy (non-hydrogen) atoms. The topological polar surface area (TPSA) is 103 Å². The summed E-state index contributed by atoms with van der Waals surface area (Å²) in [4.78, 5) is 24.2. The van der Waals surface area contributed by atoms with Gasteiger partial charge >= 0.3 is 6.09 Å². The summed E-state index contributed by atoms with van der Waals surface area (Å²) >= 11 is 1.84. The van der Waals surface area contributed by atoms with Gasteiger partial charge in [-0.2, -0.15) is 4.39 Å². The molecule has 0 spiro atoms. The summed E-state index contributed by atoms with van der Waals surface area (Å²) in [7, 11) is 0. The van der Waals surface area contributed by atoms with E-state index in [1.54, 1.807) is 20.8 Å². The fraction of sp³-hybridized carbons (Fsp3) is 0.167. The Balaban J connectivity index is 2.03. The SMILES string of the molecule is CC(C)(C)OC(=O)Nc1cccc(Oc2c(F)c(F)c(F)c(Nc3ccc(I)cc3F)c2C(N)=O)c1. The third-order valence-electron chi connectivity index (χ3n) is 4.42. The van der Waals surface area contributed by atoms with Crippen LogP contribution in [0.4, 0.5) is 39.4 Å². The fourth-order valence-electron chi connectivity index (χ4n) is 2.99. The van der Waals surface area contributed by atoms with Gasteiger partial charge in [0.05, 0.1) is 11.4 Å². The predicted octanol–water partition coefficient (Wildman–Crippen LogP) is 6.83. The summed E-state index contributed by atoms with van der Waals surface area (Å²) in [6, 6.07) is 9.18. The van der Waals surface area contributed by atoms with Crippen LogP contribution < -0.4 is 21.1 Å². The van der Waals surface area contributed by atoms with Crippen LogP contribution in [0.2, 0.25) is 0 Å². The molecule has 0 saturated carbocycles. The monoisotopic (exact) mass is 617 g/mol. The van der Waals surface area contributed by atoms with Crippen molar-refractivity contribution in [3.8, 4) is 11.5 Å². The van der Waals surface area contributed by atoms with Gasteiger partial charge in [0.1, 0.15) is 22.7 Å². The highest BCUT2D eigenvalue weighted by Gasteiger charge is 2.30. The molecule has 0 unspecified atom stereocenters. The molecule has 2 amide bonds. The Hall–Kier alpha value is -3.55. The number of ether oxygens (including phenoxy) is 2. The van der Waals surface area contributed by atoms with E-state index < -0.39 is 57.9 Å².